The molecule has 0 fully saturated rings. The van der Waals surface area contributed by atoms with Crippen LogP contribution in [0.25, 0.3) is 0 Å². The molecular weight excluding hydrogens is 252 g/mol. The maximum atomic E-state index is 11.1. The standard InChI is InChI=1S/C13H20N2O2.ClH/c1-10(15(3)4)8-11-6-5-7-12(9-11)17-13(16)14-2;/h5-7,9-10H,8H2,1-4H3,(H,14,16);1H. The molecule has 0 aliphatic heterocycles. The number of amides is 1. The number of halogens is 1. The van der Waals surface area contributed by atoms with Crippen molar-refractivity contribution in [1.29, 1.82) is 0 Å². The second kappa shape index (κ2) is 7.95. The molecule has 1 rings (SSSR count). The number of carbonyl (C=O) groups excluding carboxylic acids is 1. The van der Waals surface area contributed by atoms with E-state index < -0.39 is 6.09 Å². The Morgan fingerprint density at radius 2 is 2.11 bits per heavy atom. The van der Waals surface area contributed by atoms with Gasteiger partial charge in [-0.25, -0.2) is 4.79 Å². The van der Waals surface area contributed by atoms with Gasteiger partial charge in [0.2, 0.25) is 0 Å². The third kappa shape index (κ3) is 5.38. The lowest BCUT2D eigenvalue weighted by atomic mass is 10.1. The lowest BCUT2D eigenvalue weighted by Gasteiger charge is -2.19. The Balaban J connectivity index is 0.00000289. The summed E-state index contributed by atoms with van der Waals surface area (Å²) in [5, 5.41) is 2.42. The summed E-state index contributed by atoms with van der Waals surface area (Å²) in [6.45, 7) is 2.16. The van der Waals surface area contributed by atoms with Crippen LogP contribution in [0.15, 0.2) is 24.3 Å². The zero-order valence-corrected chi connectivity index (χ0v) is 12.1. The molecule has 1 N–H and O–H groups in total. The van der Waals surface area contributed by atoms with Gasteiger partial charge in [-0.1, -0.05) is 12.1 Å². The first-order valence-corrected chi connectivity index (χ1v) is 5.68. The third-order valence-electron chi connectivity index (χ3n) is 2.73. The predicted molar refractivity (Wildman–Crippen MR) is 75.6 cm³/mol. The number of carbonyl (C=O) groups is 1. The van der Waals surface area contributed by atoms with Crippen molar-refractivity contribution in [2.45, 2.75) is 19.4 Å². The average molecular weight is 273 g/mol. The van der Waals surface area contributed by atoms with E-state index in [1.807, 2.05) is 18.2 Å². The van der Waals surface area contributed by atoms with E-state index in [4.69, 9.17) is 4.74 Å². The largest absolute Gasteiger partial charge is 0.412 e. The summed E-state index contributed by atoms with van der Waals surface area (Å²) in [5.74, 6) is 0.577. The summed E-state index contributed by atoms with van der Waals surface area (Å²) in [4.78, 5) is 13.2. The van der Waals surface area contributed by atoms with Gasteiger partial charge in [0, 0.05) is 13.1 Å². The molecule has 1 unspecified atom stereocenters. The van der Waals surface area contributed by atoms with Crippen molar-refractivity contribution >= 4 is 18.5 Å². The summed E-state index contributed by atoms with van der Waals surface area (Å²) in [6.07, 6.45) is 0.487. The van der Waals surface area contributed by atoms with Crippen molar-refractivity contribution in [1.82, 2.24) is 10.2 Å². The molecule has 0 radical (unpaired) electrons. The molecule has 5 heteroatoms. The van der Waals surface area contributed by atoms with Crippen molar-refractivity contribution in [3.63, 3.8) is 0 Å². The first-order chi connectivity index (χ1) is 8.02. The summed E-state index contributed by atoms with van der Waals surface area (Å²) < 4.78 is 5.08. The smallest absolute Gasteiger partial charge is 0.410 e. The highest BCUT2D eigenvalue weighted by atomic mass is 35.5. The number of nitrogens with zero attached hydrogens (tertiary/aromatic N) is 1. The SMILES string of the molecule is CNC(=O)Oc1cccc(CC(C)N(C)C)c1.Cl. The molecule has 1 atom stereocenters. The number of hydrogen-bond acceptors (Lipinski definition) is 3. The van der Waals surface area contributed by atoms with Gasteiger partial charge in [-0.2, -0.15) is 0 Å². The van der Waals surface area contributed by atoms with Crippen LogP contribution in [0.2, 0.25) is 0 Å². The van der Waals surface area contributed by atoms with E-state index in [2.05, 4.69) is 31.2 Å². The highest BCUT2D eigenvalue weighted by Gasteiger charge is 2.07. The summed E-state index contributed by atoms with van der Waals surface area (Å²) in [7, 11) is 5.64. The van der Waals surface area contributed by atoms with Gasteiger partial charge in [0.1, 0.15) is 5.75 Å². The van der Waals surface area contributed by atoms with E-state index in [1.54, 1.807) is 13.1 Å². The number of rotatable bonds is 4. The molecule has 0 aromatic heterocycles. The van der Waals surface area contributed by atoms with Gasteiger partial charge in [0.05, 0.1) is 0 Å². The number of ether oxygens (including phenoxy) is 1. The normalized spacial score (nSPS) is 11.6. The van der Waals surface area contributed by atoms with E-state index >= 15 is 0 Å². The molecule has 4 nitrogen and oxygen atoms in total. The summed E-state index contributed by atoms with van der Waals surface area (Å²) in [6, 6.07) is 8.06. The molecule has 0 aliphatic carbocycles. The fourth-order valence-corrected chi connectivity index (χ4v) is 1.42. The van der Waals surface area contributed by atoms with Crippen LogP contribution < -0.4 is 10.1 Å². The van der Waals surface area contributed by atoms with Crippen LogP contribution >= 0.6 is 12.4 Å². The van der Waals surface area contributed by atoms with Crippen LogP contribution in [0.1, 0.15) is 12.5 Å². The van der Waals surface area contributed by atoms with E-state index in [-0.39, 0.29) is 12.4 Å². The van der Waals surface area contributed by atoms with Crippen LogP contribution in [0.3, 0.4) is 0 Å². The second-order valence-corrected chi connectivity index (χ2v) is 4.30. The Bertz CT molecular complexity index is 383. The van der Waals surface area contributed by atoms with E-state index in [0.29, 0.717) is 11.8 Å². The summed E-state index contributed by atoms with van der Waals surface area (Å²) >= 11 is 0. The molecule has 0 saturated heterocycles. The number of hydrogen-bond donors (Lipinski definition) is 1. The second-order valence-electron chi connectivity index (χ2n) is 4.30. The maximum absolute atomic E-state index is 11.1. The van der Waals surface area contributed by atoms with Gasteiger partial charge in [-0.15, -0.1) is 12.4 Å². The molecule has 0 aliphatic rings. The third-order valence-corrected chi connectivity index (χ3v) is 2.73. The van der Waals surface area contributed by atoms with Gasteiger partial charge >= 0.3 is 6.09 Å². The zero-order chi connectivity index (χ0) is 12.8. The molecule has 18 heavy (non-hydrogen) atoms. The molecule has 0 saturated carbocycles. The van der Waals surface area contributed by atoms with Crippen molar-refractivity contribution in [3.05, 3.63) is 29.8 Å². The monoisotopic (exact) mass is 272 g/mol. The number of benzene rings is 1. The molecule has 0 bridgehead atoms. The predicted octanol–water partition coefficient (Wildman–Crippen LogP) is 2.32. The maximum Gasteiger partial charge on any atom is 0.412 e. The van der Waals surface area contributed by atoms with Crippen LogP contribution in [0.4, 0.5) is 4.79 Å². The number of likely N-dealkylation sites (N-methyl/N-ethyl adjacent to an activating group) is 1. The fourth-order valence-electron chi connectivity index (χ4n) is 1.42. The first kappa shape index (κ1) is 16.7. The van der Waals surface area contributed by atoms with Crippen molar-refractivity contribution < 1.29 is 9.53 Å². The topological polar surface area (TPSA) is 41.6 Å². The Morgan fingerprint density at radius 1 is 1.44 bits per heavy atom. The minimum Gasteiger partial charge on any atom is -0.410 e. The van der Waals surface area contributed by atoms with E-state index in [0.717, 1.165) is 12.0 Å². The number of nitrogens with one attached hydrogen (secondary N) is 1. The van der Waals surface area contributed by atoms with E-state index in [9.17, 15) is 4.79 Å². The van der Waals surface area contributed by atoms with Gasteiger partial charge in [0.15, 0.2) is 0 Å². The highest BCUT2D eigenvalue weighted by molar-refractivity contribution is 5.85. The van der Waals surface area contributed by atoms with Crippen molar-refractivity contribution in [2.24, 2.45) is 0 Å². The minimum absolute atomic E-state index is 0. The molecule has 1 aromatic carbocycles. The first-order valence-electron chi connectivity index (χ1n) is 5.68. The Labute approximate surface area is 115 Å². The Morgan fingerprint density at radius 3 is 2.67 bits per heavy atom. The molecule has 1 amide bonds. The molecule has 102 valence electrons. The van der Waals surface area contributed by atoms with Crippen LogP contribution in [0.5, 0.6) is 5.75 Å². The fraction of sp³-hybridized carbons (Fsp3) is 0.462. The molecule has 0 spiro atoms. The van der Waals surface area contributed by atoms with Crippen LogP contribution in [0, 0.1) is 0 Å². The van der Waals surface area contributed by atoms with E-state index in [1.165, 1.54) is 0 Å². The summed E-state index contributed by atoms with van der Waals surface area (Å²) in [5.41, 5.74) is 1.16. The molecular formula is C13H21ClN2O2. The lowest BCUT2D eigenvalue weighted by Crippen LogP contribution is -2.26. The van der Waals surface area contributed by atoms with Crippen molar-refractivity contribution in [3.8, 4) is 5.75 Å². The van der Waals surface area contributed by atoms with Gasteiger partial charge in [-0.05, 0) is 45.1 Å². The minimum atomic E-state index is -0.442. The lowest BCUT2D eigenvalue weighted by molar-refractivity contribution is 0.203. The average Bonchev–Trinajstić information content (AvgIpc) is 2.29. The van der Waals surface area contributed by atoms with Crippen LogP contribution in [-0.2, 0) is 6.42 Å². The quantitative estimate of drug-likeness (QED) is 0.915. The van der Waals surface area contributed by atoms with Crippen molar-refractivity contribution in [2.75, 3.05) is 21.1 Å². The van der Waals surface area contributed by atoms with Gasteiger partial charge < -0.3 is 15.0 Å². The van der Waals surface area contributed by atoms with Crippen LogP contribution in [-0.4, -0.2) is 38.2 Å². The zero-order valence-electron chi connectivity index (χ0n) is 11.3. The Hall–Kier alpha value is -1.26. The van der Waals surface area contributed by atoms with Gasteiger partial charge in [-0.3, -0.25) is 0 Å². The Kier molecular flexibility index (Phi) is 7.39. The molecule has 0 heterocycles. The van der Waals surface area contributed by atoms with Gasteiger partial charge in [0.25, 0.3) is 0 Å². The highest BCUT2D eigenvalue weighted by Crippen LogP contribution is 2.15. The molecule has 1 aromatic rings.